The maximum atomic E-state index is 12.7. The number of benzene rings is 1. The smallest absolute Gasteiger partial charge is 0.398 e. The molecule has 7 heteroatoms. The van der Waals surface area contributed by atoms with Gasteiger partial charge in [0, 0.05) is 19.1 Å². The van der Waals surface area contributed by atoms with Crippen molar-refractivity contribution in [3.8, 4) is 0 Å². The lowest BCUT2D eigenvalue weighted by molar-refractivity contribution is -0.136. The number of likely N-dealkylation sites (N-methyl/N-ethyl adjacent to an activating group) is 1. The van der Waals surface area contributed by atoms with Crippen LogP contribution in [0, 0.1) is 0 Å². The number of nitrogen functional groups attached to an aromatic ring is 1. The average Bonchev–Trinajstić information content (AvgIpc) is 2.37. The van der Waals surface area contributed by atoms with E-state index in [2.05, 4.69) is 5.32 Å². The van der Waals surface area contributed by atoms with Gasteiger partial charge in [0.1, 0.15) is 0 Å². The normalized spacial score (nSPS) is 12.0. The number of carbonyl (C=O) groups is 1. The number of hydrogen-bond acceptors (Lipinski definition) is 3. The fourth-order valence-electron chi connectivity index (χ4n) is 1.71. The van der Waals surface area contributed by atoms with Crippen molar-refractivity contribution < 1.29 is 18.0 Å². The van der Waals surface area contributed by atoms with Crippen LogP contribution >= 0.6 is 0 Å². The van der Waals surface area contributed by atoms with Gasteiger partial charge in [-0.3, -0.25) is 4.79 Å². The zero-order valence-corrected chi connectivity index (χ0v) is 12.3. The minimum absolute atomic E-state index is 0.156. The van der Waals surface area contributed by atoms with Crippen LogP contribution in [0.1, 0.15) is 29.8 Å². The van der Waals surface area contributed by atoms with Crippen LogP contribution in [0.3, 0.4) is 0 Å². The summed E-state index contributed by atoms with van der Waals surface area (Å²) in [5, 5.41) is 2.58. The summed E-state index contributed by atoms with van der Waals surface area (Å²) in [6, 6.07) is 3.64. The standard InChI is InChI=1S/C14H20F3N3O/c1-9(2)20(3)8-7-19-13(21)10-5-4-6-11(12(10)18)14(15,16)17/h4-6,9H,7-8,18H2,1-3H3,(H,19,21). The van der Waals surface area contributed by atoms with Crippen molar-refractivity contribution in [2.75, 3.05) is 25.9 Å². The van der Waals surface area contributed by atoms with Gasteiger partial charge >= 0.3 is 6.18 Å². The first kappa shape index (κ1) is 17.3. The second-order valence-corrected chi connectivity index (χ2v) is 5.09. The molecule has 0 aliphatic carbocycles. The molecule has 3 N–H and O–H groups in total. The molecule has 1 aromatic carbocycles. The molecule has 0 unspecified atom stereocenters. The molecule has 4 nitrogen and oxygen atoms in total. The maximum Gasteiger partial charge on any atom is 0.418 e. The highest BCUT2D eigenvalue weighted by molar-refractivity contribution is 5.99. The Labute approximate surface area is 122 Å². The second kappa shape index (κ2) is 6.80. The van der Waals surface area contributed by atoms with E-state index in [1.165, 1.54) is 12.1 Å². The number of para-hydroxylation sites is 1. The number of carbonyl (C=O) groups excluding carboxylic acids is 1. The van der Waals surface area contributed by atoms with Gasteiger partial charge < -0.3 is 16.0 Å². The largest absolute Gasteiger partial charge is 0.418 e. The van der Waals surface area contributed by atoms with Crippen LogP contribution in [-0.2, 0) is 6.18 Å². The van der Waals surface area contributed by atoms with Crippen LogP contribution in [0.15, 0.2) is 18.2 Å². The molecule has 0 atom stereocenters. The Kier molecular flexibility index (Phi) is 5.60. The predicted molar refractivity (Wildman–Crippen MR) is 76.0 cm³/mol. The van der Waals surface area contributed by atoms with Crippen molar-refractivity contribution in [3.63, 3.8) is 0 Å². The van der Waals surface area contributed by atoms with E-state index in [4.69, 9.17) is 5.73 Å². The highest BCUT2D eigenvalue weighted by Gasteiger charge is 2.34. The molecule has 0 saturated heterocycles. The number of alkyl halides is 3. The van der Waals surface area contributed by atoms with Crippen LogP contribution in [0.25, 0.3) is 0 Å². The van der Waals surface area contributed by atoms with E-state index < -0.39 is 23.3 Å². The van der Waals surface area contributed by atoms with Gasteiger partial charge in [0.2, 0.25) is 0 Å². The number of nitrogens with one attached hydrogen (secondary N) is 1. The highest BCUT2D eigenvalue weighted by atomic mass is 19.4. The first-order valence-corrected chi connectivity index (χ1v) is 6.58. The molecule has 0 saturated carbocycles. The number of rotatable bonds is 5. The monoisotopic (exact) mass is 303 g/mol. The predicted octanol–water partition coefficient (Wildman–Crippen LogP) is 2.36. The molecule has 0 aromatic heterocycles. The first-order valence-electron chi connectivity index (χ1n) is 6.58. The number of halogens is 3. The SMILES string of the molecule is CC(C)N(C)CCNC(=O)c1cccc(C(F)(F)F)c1N. The summed E-state index contributed by atoms with van der Waals surface area (Å²) in [6.07, 6.45) is -4.57. The third-order valence-corrected chi connectivity index (χ3v) is 3.29. The van der Waals surface area contributed by atoms with Gasteiger partial charge in [-0.2, -0.15) is 13.2 Å². The van der Waals surface area contributed by atoms with Crippen molar-refractivity contribution in [2.24, 2.45) is 0 Å². The van der Waals surface area contributed by atoms with Crippen LogP contribution in [0.5, 0.6) is 0 Å². The summed E-state index contributed by atoms with van der Waals surface area (Å²) >= 11 is 0. The first-order chi connectivity index (χ1) is 9.64. The van der Waals surface area contributed by atoms with E-state index in [-0.39, 0.29) is 5.56 Å². The number of hydrogen-bond donors (Lipinski definition) is 2. The number of amides is 1. The molecule has 0 aliphatic heterocycles. The quantitative estimate of drug-likeness (QED) is 0.821. The summed E-state index contributed by atoms with van der Waals surface area (Å²) in [5.74, 6) is -0.601. The molecule has 21 heavy (non-hydrogen) atoms. The fourth-order valence-corrected chi connectivity index (χ4v) is 1.71. The van der Waals surface area contributed by atoms with Gasteiger partial charge in [-0.15, -0.1) is 0 Å². The minimum atomic E-state index is -4.57. The van der Waals surface area contributed by atoms with E-state index in [0.717, 1.165) is 6.07 Å². The van der Waals surface area contributed by atoms with Gasteiger partial charge in [0.25, 0.3) is 5.91 Å². The van der Waals surface area contributed by atoms with E-state index in [9.17, 15) is 18.0 Å². The van der Waals surface area contributed by atoms with Crippen molar-refractivity contribution in [3.05, 3.63) is 29.3 Å². The van der Waals surface area contributed by atoms with E-state index >= 15 is 0 Å². The second-order valence-electron chi connectivity index (χ2n) is 5.09. The molecule has 0 fully saturated rings. The lowest BCUT2D eigenvalue weighted by Gasteiger charge is -2.21. The topological polar surface area (TPSA) is 58.4 Å². The summed E-state index contributed by atoms with van der Waals surface area (Å²) in [7, 11) is 1.90. The van der Waals surface area contributed by atoms with Gasteiger partial charge in [-0.05, 0) is 33.0 Å². The van der Waals surface area contributed by atoms with Gasteiger partial charge in [0.05, 0.1) is 16.8 Å². The highest BCUT2D eigenvalue weighted by Crippen LogP contribution is 2.34. The molecule has 0 heterocycles. The molecule has 0 bridgehead atoms. The molecule has 118 valence electrons. The summed E-state index contributed by atoms with van der Waals surface area (Å²) in [4.78, 5) is 13.9. The van der Waals surface area contributed by atoms with Gasteiger partial charge in [-0.25, -0.2) is 0 Å². The zero-order chi connectivity index (χ0) is 16.2. The molecule has 1 aromatic rings. The van der Waals surface area contributed by atoms with Crippen LogP contribution in [0.2, 0.25) is 0 Å². The molecule has 0 spiro atoms. The summed E-state index contributed by atoms with van der Waals surface area (Å²) in [6.45, 7) is 4.95. The molecule has 1 amide bonds. The molecular formula is C14H20F3N3O. The molecule has 0 aliphatic rings. The Morgan fingerprint density at radius 3 is 2.52 bits per heavy atom. The average molecular weight is 303 g/mol. The van der Waals surface area contributed by atoms with Crippen molar-refractivity contribution in [1.29, 1.82) is 0 Å². The number of nitrogens with zero attached hydrogens (tertiary/aromatic N) is 1. The lowest BCUT2D eigenvalue weighted by atomic mass is 10.1. The van der Waals surface area contributed by atoms with Crippen LogP contribution < -0.4 is 11.1 Å². The Morgan fingerprint density at radius 2 is 2.00 bits per heavy atom. The van der Waals surface area contributed by atoms with Crippen LogP contribution in [0.4, 0.5) is 18.9 Å². The lowest BCUT2D eigenvalue weighted by Crippen LogP contribution is -2.36. The zero-order valence-electron chi connectivity index (χ0n) is 12.3. The van der Waals surface area contributed by atoms with E-state index in [1.54, 1.807) is 0 Å². The molecular weight excluding hydrogens is 283 g/mol. The van der Waals surface area contributed by atoms with Gasteiger partial charge in [0.15, 0.2) is 0 Å². The third kappa shape index (κ3) is 4.63. The minimum Gasteiger partial charge on any atom is -0.398 e. The Balaban J connectivity index is 2.76. The Hall–Kier alpha value is -1.76. The molecule has 1 rings (SSSR count). The van der Waals surface area contributed by atoms with Crippen molar-refractivity contribution in [1.82, 2.24) is 10.2 Å². The number of anilines is 1. The van der Waals surface area contributed by atoms with Crippen LogP contribution in [-0.4, -0.2) is 37.0 Å². The summed E-state index contributed by atoms with van der Waals surface area (Å²) in [5.41, 5.74) is 3.77. The van der Waals surface area contributed by atoms with E-state index in [0.29, 0.717) is 19.1 Å². The number of nitrogens with two attached hydrogens (primary N) is 1. The van der Waals surface area contributed by atoms with Crippen molar-refractivity contribution >= 4 is 11.6 Å². The third-order valence-electron chi connectivity index (χ3n) is 3.29. The molecule has 0 radical (unpaired) electrons. The summed E-state index contributed by atoms with van der Waals surface area (Å²) < 4.78 is 38.2. The Morgan fingerprint density at radius 1 is 1.38 bits per heavy atom. The van der Waals surface area contributed by atoms with Crippen molar-refractivity contribution in [2.45, 2.75) is 26.1 Å². The fraction of sp³-hybridized carbons (Fsp3) is 0.500. The van der Waals surface area contributed by atoms with E-state index in [1.807, 2.05) is 25.8 Å². The van der Waals surface area contributed by atoms with Gasteiger partial charge in [-0.1, -0.05) is 6.07 Å². The maximum absolute atomic E-state index is 12.7. The Bertz CT molecular complexity index is 501.